The molecule has 146 valence electrons. The number of methoxy groups -OCH3 is 1. The summed E-state index contributed by atoms with van der Waals surface area (Å²) in [5.74, 6) is 0.380. The van der Waals surface area contributed by atoms with Gasteiger partial charge in [-0.25, -0.2) is 4.39 Å². The third-order valence-corrected chi connectivity index (χ3v) is 5.14. The maximum atomic E-state index is 14.0. The van der Waals surface area contributed by atoms with Gasteiger partial charge < -0.3 is 9.47 Å². The van der Waals surface area contributed by atoms with Crippen LogP contribution < -0.4 is 9.47 Å². The highest BCUT2D eigenvalue weighted by Crippen LogP contribution is 2.38. The van der Waals surface area contributed by atoms with Crippen LogP contribution in [0.2, 0.25) is 5.02 Å². The third-order valence-electron chi connectivity index (χ3n) is 4.14. The van der Waals surface area contributed by atoms with Crippen LogP contribution in [0.25, 0.3) is 11.6 Å². The first-order valence-electron chi connectivity index (χ1n) is 8.63. The zero-order valence-electron chi connectivity index (χ0n) is 15.5. The van der Waals surface area contributed by atoms with Gasteiger partial charge in [0, 0.05) is 9.13 Å². The predicted molar refractivity (Wildman–Crippen MR) is 121 cm³/mol. The molecule has 0 unspecified atom stereocenters. The van der Waals surface area contributed by atoms with E-state index in [9.17, 15) is 9.65 Å². The molecule has 0 saturated carbocycles. The number of nitrogens with zero attached hydrogens (tertiary/aromatic N) is 1. The molecule has 0 N–H and O–H groups in total. The second-order valence-electron chi connectivity index (χ2n) is 6.10. The maximum absolute atomic E-state index is 14.0. The van der Waals surface area contributed by atoms with Crippen LogP contribution in [-0.2, 0) is 6.61 Å². The van der Waals surface area contributed by atoms with E-state index in [-0.39, 0.29) is 11.1 Å². The molecule has 3 aromatic carbocycles. The fourth-order valence-corrected chi connectivity index (χ4v) is 3.35. The van der Waals surface area contributed by atoms with E-state index in [0.717, 1.165) is 9.13 Å². The van der Waals surface area contributed by atoms with E-state index in [4.69, 9.17) is 21.1 Å². The molecule has 0 saturated heterocycles. The first-order valence-corrected chi connectivity index (χ1v) is 10.1. The number of halogens is 3. The Morgan fingerprint density at radius 1 is 1.17 bits per heavy atom. The van der Waals surface area contributed by atoms with Crippen LogP contribution in [0.5, 0.6) is 11.5 Å². The molecule has 0 amide bonds. The molecule has 3 nitrogen and oxygen atoms in total. The Kier molecular flexibility index (Phi) is 7.13. The zero-order chi connectivity index (χ0) is 20.8. The Bertz CT molecular complexity index is 1090. The molecule has 3 aromatic rings. The predicted octanol–water partition coefficient (Wildman–Crippen LogP) is 6.74. The molecule has 0 radical (unpaired) electrons. The van der Waals surface area contributed by atoms with E-state index in [1.807, 2.05) is 30.3 Å². The number of allylic oxidation sites excluding steroid dienone is 1. The Morgan fingerprint density at radius 3 is 2.55 bits per heavy atom. The quantitative estimate of drug-likeness (QED) is 0.206. The van der Waals surface area contributed by atoms with Crippen LogP contribution in [0.15, 0.2) is 60.7 Å². The van der Waals surface area contributed by atoms with E-state index >= 15 is 0 Å². The van der Waals surface area contributed by atoms with Crippen LogP contribution in [0, 0.1) is 20.7 Å². The topological polar surface area (TPSA) is 42.2 Å². The monoisotopic (exact) mass is 519 g/mol. The molecule has 0 aliphatic rings. The molecule has 0 spiro atoms. The minimum absolute atomic E-state index is 0.189. The number of hydrogen-bond donors (Lipinski definition) is 0. The molecule has 0 aliphatic carbocycles. The standard InChI is InChI=1S/C23H16ClFINO2/c1-28-22-12-16(10-17(13-27)19-4-2-3-5-21(19)25)11-20(24)23(22)29-14-15-6-8-18(26)9-7-15/h2-12H,14H2,1H3/b17-10-. The lowest BCUT2D eigenvalue weighted by atomic mass is 10.0. The Morgan fingerprint density at radius 2 is 1.90 bits per heavy atom. The summed E-state index contributed by atoms with van der Waals surface area (Å²) in [5.41, 5.74) is 2.02. The van der Waals surface area contributed by atoms with Gasteiger partial charge in [-0.3, -0.25) is 0 Å². The molecular weight excluding hydrogens is 504 g/mol. The van der Waals surface area contributed by atoms with Crippen LogP contribution in [0.4, 0.5) is 4.39 Å². The number of benzene rings is 3. The Balaban J connectivity index is 1.90. The molecule has 0 aromatic heterocycles. The maximum Gasteiger partial charge on any atom is 0.180 e. The minimum Gasteiger partial charge on any atom is -0.493 e. The Hall–Kier alpha value is -2.56. The van der Waals surface area contributed by atoms with Crippen molar-refractivity contribution in [2.75, 3.05) is 7.11 Å². The molecule has 6 heteroatoms. The van der Waals surface area contributed by atoms with E-state index < -0.39 is 5.82 Å². The second-order valence-corrected chi connectivity index (χ2v) is 7.75. The van der Waals surface area contributed by atoms with Gasteiger partial charge in [-0.15, -0.1) is 0 Å². The number of hydrogen-bond acceptors (Lipinski definition) is 3. The minimum atomic E-state index is -0.462. The van der Waals surface area contributed by atoms with Gasteiger partial charge in [-0.1, -0.05) is 41.9 Å². The molecule has 0 bridgehead atoms. The lowest BCUT2D eigenvalue weighted by molar-refractivity contribution is 0.284. The summed E-state index contributed by atoms with van der Waals surface area (Å²) >= 11 is 8.66. The lowest BCUT2D eigenvalue weighted by Crippen LogP contribution is -1.99. The largest absolute Gasteiger partial charge is 0.493 e. The van der Waals surface area contributed by atoms with Gasteiger partial charge in [0.2, 0.25) is 0 Å². The average Bonchev–Trinajstić information content (AvgIpc) is 2.72. The van der Waals surface area contributed by atoms with E-state index in [1.54, 1.807) is 36.4 Å². The molecule has 3 rings (SSSR count). The van der Waals surface area contributed by atoms with Crippen LogP contribution >= 0.6 is 34.2 Å². The SMILES string of the molecule is COc1cc(/C=C(/C#N)c2ccccc2F)cc(Cl)c1OCc1ccc(I)cc1. The highest BCUT2D eigenvalue weighted by atomic mass is 127. The van der Waals surface area contributed by atoms with Crippen LogP contribution in [-0.4, -0.2) is 7.11 Å². The number of ether oxygens (including phenoxy) is 2. The van der Waals surface area contributed by atoms with Gasteiger partial charge >= 0.3 is 0 Å². The van der Waals surface area contributed by atoms with Crippen molar-refractivity contribution in [3.63, 3.8) is 0 Å². The summed E-state index contributed by atoms with van der Waals surface area (Å²) in [7, 11) is 1.51. The summed E-state index contributed by atoms with van der Waals surface area (Å²) < 4.78 is 26.5. The van der Waals surface area contributed by atoms with Gasteiger partial charge in [0.1, 0.15) is 12.4 Å². The number of rotatable bonds is 6. The molecule has 0 fully saturated rings. The summed E-state index contributed by atoms with van der Waals surface area (Å²) in [5, 5.41) is 9.81. The third kappa shape index (κ3) is 5.28. The normalized spacial score (nSPS) is 11.1. The lowest BCUT2D eigenvalue weighted by Gasteiger charge is -2.14. The van der Waals surface area contributed by atoms with Crippen LogP contribution in [0.1, 0.15) is 16.7 Å². The highest BCUT2D eigenvalue weighted by Gasteiger charge is 2.13. The van der Waals surface area contributed by atoms with Crippen molar-refractivity contribution in [1.82, 2.24) is 0 Å². The highest BCUT2D eigenvalue weighted by molar-refractivity contribution is 14.1. The van der Waals surface area contributed by atoms with Crippen molar-refractivity contribution in [3.05, 3.63) is 91.8 Å². The van der Waals surface area contributed by atoms with Gasteiger partial charge in [-0.05, 0) is 70.1 Å². The first kappa shape index (κ1) is 21.2. The van der Waals surface area contributed by atoms with Crippen molar-refractivity contribution >= 4 is 45.8 Å². The van der Waals surface area contributed by atoms with E-state index in [0.29, 0.717) is 28.7 Å². The molecule has 29 heavy (non-hydrogen) atoms. The fraction of sp³-hybridized carbons (Fsp3) is 0.0870. The van der Waals surface area contributed by atoms with Crippen molar-refractivity contribution in [1.29, 1.82) is 5.26 Å². The summed E-state index contributed by atoms with van der Waals surface area (Å²) in [6, 6.07) is 19.5. The molecule has 0 heterocycles. The molecule has 0 atom stereocenters. The van der Waals surface area contributed by atoms with E-state index in [2.05, 4.69) is 22.6 Å². The van der Waals surface area contributed by atoms with Crippen molar-refractivity contribution in [2.24, 2.45) is 0 Å². The number of nitriles is 1. The van der Waals surface area contributed by atoms with Gasteiger partial charge in [0.25, 0.3) is 0 Å². The van der Waals surface area contributed by atoms with Gasteiger partial charge in [0.05, 0.1) is 23.8 Å². The summed E-state index contributed by atoms with van der Waals surface area (Å²) in [6.45, 7) is 0.334. The van der Waals surface area contributed by atoms with Gasteiger partial charge in [0.15, 0.2) is 11.5 Å². The van der Waals surface area contributed by atoms with E-state index in [1.165, 1.54) is 13.2 Å². The summed E-state index contributed by atoms with van der Waals surface area (Å²) in [6.07, 6.45) is 1.57. The fourth-order valence-electron chi connectivity index (χ4n) is 2.72. The molecular formula is C23H16ClFINO2. The zero-order valence-corrected chi connectivity index (χ0v) is 18.4. The van der Waals surface area contributed by atoms with Crippen molar-refractivity contribution < 1.29 is 13.9 Å². The van der Waals surface area contributed by atoms with Gasteiger partial charge in [-0.2, -0.15) is 5.26 Å². The molecule has 0 aliphatic heterocycles. The Labute approximate surface area is 187 Å². The smallest absolute Gasteiger partial charge is 0.180 e. The second kappa shape index (κ2) is 9.77. The van der Waals surface area contributed by atoms with Crippen LogP contribution in [0.3, 0.4) is 0 Å². The van der Waals surface area contributed by atoms with Crippen molar-refractivity contribution in [2.45, 2.75) is 6.61 Å². The average molecular weight is 520 g/mol. The summed E-state index contributed by atoms with van der Waals surface area (Å²) in [4.78, 5) is 0. The first-order chi connectivity index (χ1) is 14.0. The van der Waals surface area contributed by atoms with Crippen molar-refractivity contribution in [3.8, 4) is 17.6 Å².